The summed E-state index contributed by atoms with van der Waals surface area (Å²) in [7, 11) is -0.964. The predicted octanol–water partition coefficient (Wildman–Crippen LogP) is 3.06. The van der Waals surface area contributed by atoms with Crippen LogP contribution in [0.2, 0.25) is 12.6 Å². The summed E-state index contributed by atoms with van der Waals surface area (Å²) in [5.41, 5.74) is 1.14. The highest BCUT2D eigenvalue weighted by Gasteiger charge is 2.04. The highest BCUT2D eigenvalue weighted by molar-refractivity contribution is 6.50. The molecule has 0 amide bonds. The maximum absolute atomic E-state index is 9.12. The molecule has 0 spiro atoms. The molecule has 0 heterocycles. The predicted molar refractivity (Wildman–Crippen MR) is 65.6 cm³/mol. The van der Waals surface area contributed by atoms with Crippen molar-refractivity contribution in [3.63, 3.8) is 0 Å². The molecule has 15 heavy (non-hydrogen) atoms. The van der Waals surface area contributed by atoms with Gasteiger partial charge in [-0.2, -0.15) is 0 Å². The Kier molecular flexibility index (Phi) is 5.43. The van der Waals surface area contributed by atoms with Gasteiger partial charge < -0.3 is 9.53 Å². The molecule has 1 aromatic rings. The van der Waals surface area contributed by atoms with Gasteiger partial charge in [-0.15, -0.1) is 0 Å². The van der Waals surface area contributed by atoms with Crippen molar-refractivity contribution in [2.45, 2.75) is 39.0 Å². The Labute approximate surface area is 93.6 Å². The fourth-order valence-electron chi connectivity index (χ4n) is 1.41. The lowest BCUT2D eigenvalue weighted by Gasteiger charge is -2.11. The fourth-order valence-corrected chi connectivity index (χ4v) is 3.03. The number of unbranched alkanes of at least 4 members (excludes halogenated alkanes) is 1. The Bertz CT molecular complexity index is 271. The van der Waals surface area contributed by atoms with Crippen LogP contribution in [0.25, 0.3) is 0 Å². The summed E-state index contributed by atoms with van der Waals surface area (Å²) < 4.78 is 5.83. The zero-order valence-electron chi connectivity index (χ0n) is 9.57. The van der Waals surface area contributed by atoms with Crippen molar-refractivity contribution in [1.82, 2.24) is 0 Å². The third-order valence-corrected chi connectivity index (χ3v) is 4.39. The van der Waals surface area contributed by atoms with E-state index in [4.69, 9.17) is 9.53 Å². The highest BCUT2D eigenvalue weighted by Crippen LogP contribution is 2.11. The molecule has 84 valence electrons. The summed E-state index contributed by atoms with van der Waals surface area (Å²) in [5.74, 6) is 0.315. The standard InChI is InChI=1S/C12H20O2Si/c1-3-4-9-15(2)14-10-11-5-7-12(13)8-6-11/h5-8,13,15H,3-4,9-10H2,1-2H3. The zero-order chi connectivity index (χ0) is 11.1. The van der Waals surface area contributed by atoms with Crippen LogP contribution in [0.15, 0.2) is 24.3 Å². The third-order valence-electron chi connectivity index (χ3n) is 2.44. The lowest BCUT2D eigenvalue weighted by molar-refractivity contribution is 0.309. The number of phenols is 1. The zero-order valence-corrected chi connectivity index (χ0v) is 10.7. The molecule has 1 N–H and O–H groups in total. The summed E-state index contributed by atoms with van der Waals surface area (Å²) in [6.07, 6.45) is 2.53. The lowest BCUT2D eigenvalue weighted by atomic mass is 10.2. The molecule has 0 saturated carbocycles. The van der Waals surface area contributed by atoms with E-state index < -0.39 is 9.04 Å². The van der Waals surface area contributed by atoms with E-state index in [0.29, 0.717) is 12.4 Å². The van der Waals surface area contributed by atoms with E-state index >= 15 is 0 Å². The van der Waals surface area contributed by atoms with Crippen molar-refractivity contribution in [1.29, 1.82) is 0 Å². The summed E-state index contributed by atoms with van der Waals surface area (Å²) in [4.78, 5) is 0. The van der Waals surface area contributed by atoms with E-state index in [1.54, 1.807) is 12.1 Å². The van der Waals surface area contributed by atoms with Crippen LogP contribution in [0.1, 0.15) is 25.3 Å². The van der Waals surface area contributed by atoms with Crippen LogP contribution >= 0.6 is 0 Å². The van der Waals surface area contributed by atoms with Gasteiger partial charge in [0.25, 0.3) is 0 Å². The Hall–Kier alpha value is -0.803. The molecule has 3 heteroatoms. The van der Waals surface area contributed by atoms with E-state index in [0.717, 1.165) is 5.56 Å². The van der Waals surface area contributed by atoms with Gasteiger partial charge in [-0.25, -0.2) is 0 Å². The first-order valence-corrected chi connectivity index (χ1v) is 8.06. The second kappa shape index (κ2) is 6.64. The van der Waals surface area contributed by atoms with Gasteiger partial charge >= 0.3 is 0 Å². The topological polar surface area (TPSA) is 29.5 Å². The maximum atomic E-state index is 9.12. The molecular formula is C12H20O2Si. The molecule has 1 rings (SSSR count). The van der Waals surface area contributed by atoms with E-state index in [1.165, 1.54) is 18.9 Å². The third kappa shape index (κ3) is 5.00. The normalized spacial score (nSPS) is 12.7. The van der Waals surface area contributed by atoms with Crippen LogP contribution in [0.5, 0.6) is 5.75 Å². The van der Waals surface area contributed by atoms with Gasteiger partial charge in [0.05, 0.1) is 6.61 Å². The molecule has 1 aromatic carbocycles. The summed E-state index contributed by atoms with van der Waals surface area (Å²) in [6.45, 7) is 5.15. The summed E-state index contributed by atoms with van der Waals surface area (Å²) >= 11 is 0. The first-order valence-electron chi connectivity index (χ1n) is 5.62. The smallest absolute Gasteiger partial charge is 0.174 e. The monoisotopic (exact) mass is 224 g/mol. The molecule has 1 unspecified atom stereocenters. The lowest BCUT2D eigenvalue weighted by Crippen LogP contribution is -2.12. The minimum atomic E-state index is -0.964. The van der Waals surface area contributed by atoms with Crippen LogP contribution in [0.3, 0.4) is 0 Å². The Morgan fingerprint density at radius 1 is 1.27 bits per heavy atom. The number of rotatable bonds is 6. The number of hydrogen-bond acceptors (Lipinski definition) is 2. The van der Waals surface area contributed by atoms with Crippen LogP contribution < -0.4 is 0 Å². The summed E-state index contributed by atoms with van der Waals surface area (Å²) in [6, 6.07) is 8.50. The number of phenolic OH excluding ortho intramolecular Hbond substituents is 1. The first kappa shape index (κ1) is 12.3. The van der Waals surface area contributed by atoms with Crippen molar-refractivity contribution < 1.29 is 9.53 Å². The average Bonchev–Trinajstić information content (AvgIpc) is 2.25. The minimum absolute atomic E-state index is 0.315. The molecule has 0 aromatic heterocycles. The molecule has 0 fully saturated rings. The van der Waals surface area contributed by atoms with Crippen LogP contribution in [-0.4, -0.2) is 14.1 Å². The van der Waals surface area contributed by atoms with Crippen molar-refractivity contribution in [3.8, 4) is 5.75 Å². The maximum Gasteiger partial charge on any atom is 0.174 e. The van der Waals surface area contributed by atoms with Gasteiger partial charge in [0.2, 0.25) is 0 Å². The molecule has 0 aliphatic rings. The Balaban J connectivity index is 2.27. The molecule has 0 aliphatic carbocycles. The minimum Gasteiger partial charge on any atom is -0.508 e. The SMILES string of the molecule is CCCC[SiH](C)OCc1ccc(O)cc1. The van der Waals surface area contributed by atoms with Crippen molar-refractivity contribution in [2.24, 2.45) is 0 Å². The Morgan fingerprint density at radius 2 is 1.93 bits per heavy atom. The van der Waals surface area contributed by atoms with E-state index in [-0.39, 0.29) is 0 Å². The molecule has 1 atom stereocenters. The molecule has 0 radical (unpaired) electrons. The largest absolute Gasteiger partial charge is 0.508 e. The molecule has 2 nitrogen and oxygen atoms in total. The van der Waals surface area contributed by atoms with Crippen molar-refractivity contribution in [3.05, 3.63) is 29.8 Å². The van der Waals surface area contributed by atoms with E-state index in [1.807, 2.05) is 12.1 Å². The molecule has 0 aliphatic heterocycles. The summed E-state index contributed by atoms with van der Waals surface area (Å²) in [5, 5.41) is 9.12. The van der Waals surface area contributed by atoms with Gasteiger partial charge in [0.15, 0.2) is 9.04 Å². The number of benzene rings is 1. The van der Waals surface area contributed by atoms with Gasteiger partial charge in [-0.1, -0.05) is 31.9 Å². The Morgan fingerprint density at radius 3 is 2.53 bits per heavy atom. The average molecular weight is 224 g/mol. The number of aromatic hydroxyl groups is 1. The second-order valence-corrected chi connectivity index (χ2v) is 6.46. The molecule has 0 saturated heterocycles. The van der Waals surface area contributed by atoms with Crippen LogP contribution in [-0.2, 0) is 11.0 Å². The molecule has 0 bridgehead atoms. The van der Waals surface area contributed by atoms with Crippen LogP contribution in [0, 0.1) is 0 Å². The van der Waals surface area contributed by atoms with E-state index in [9.17, 15) is 0 Å². The van der Waals surface area contributed by atoms with Gasteiger partial charge in [-0.3, -0.25) is 0 Å². The molecular weight excluding hydrogens is 204 g/mol. The van der Waals surface area contributed by atoms with Gasteiger partial charge in [0, 0.05) is 0 Å². The van der Waals surface area contributed by atoms with Crippen molar-refractivity contribution >= 4 is 9.04 Å². The second-order valence-electron chi connectivity index (χ2n) is 3.93. The van der Waals surface area contributed by atoms with Gasteiger partial charge in [-0.05, 0) is 30.3 Å². The van der Waals surface area contributed by atoms with Crippen LogP contribution in [0.4, 0.5) is 0 Å². The highest BCUT2D eigenvalue weighted by atomic mass is 28.3. The van der Waals surface area contributed by atoms with Gasteiger partial charge in [0.1, 0.15) is 5.75 Å². The first-order chi connectivity index (χ1) is 7.22. The number of hydrogen-bond donors (Lipinski definition) is 1. The fraction of sp³-hybridized carbons (Fsp3) is 0.500. The quantitative estimate of drug-likeness (QED) is 0.753. The van der Waals surface area contributed by atoms with E-state index in [2.05, 4.69) is 13.5 Å². The van der Waals surface area contributed by atoms with Crippen molar-refractivity contribution in [2.75, 3.05) is 0 Å².